The topological polar surface area (TPSA) is 42.1 Å². The van der Waals surface area contributed by atoms with Crippen molar-refractivity contribution in [1.29, 1.82) is 0 Å². The third kappa shape index (κ3) is 2.79. The van der Waals surface area contributed by atoms with Crippen LogP contribution in [-0.2, 0) is 16.0 Å². The molecule has 0 bridgehead atoms. The Bertz CT molecular complexity index is 637. The molecule has 1 aromatic heterocycles. The zero-order chi connectivity index (χ0) is 14.7. The number of halogens is 3. The van der Waals surface area contributed by atoms with Gasteiger partial charge in [-0.25, -0.2) is 13.2 Å². The summed E-state index contributed by atoms with van der Waals surface area (Å²) in [5.41, 5.74) is 0.362. The lowest BCUT2D eigenvalue weighted by Crippen LogP contribution is -2.04. The van der Waals surface area contributed by atoms with Crippen LogP contribution in [0.3, 0.4) is 0 Å². The van der Waals surface area contributed by atoms with Crippen LogP contribution in [0.5, 0.6) is 0 Å². The Labute approximate surface area is 113 Å². The second kappa shape index (κ2) is 5.98. The molecule has 0 saturated heterocycles. The van der Waals surface area contributed by atoms with Crippen LogP contribution in [0, 0.1) is 17.5 Å². The number of fused-ring (bicyclic) bond motifs is 1. The van der Waals surface area contributed by atoms with Gasteiger partial charge >= 0.3 is 5.97 Å². The lowest BCUT2D eigenvalue weighted by atomic mass is 10.1. The van der Waals surface area contributed by atoms with Crippen molar-refractivity contribution in [3.63, 3.8) is 0 Å². The third-order valence-electron chi connectivity index (χ3n) is 2.98. The molecule has 0 atom stereocenters. The predicted molar refractivity (Wildman–Crippen MR) is 67.7 cm³/mol. The van der Waals surface area contributed by atoms with Crippen LogP contribution < -0.4 is 0 Å². The van der Waals surface area contributed by atoms with Crippen molar-refractivity contribution < 1.29 is 22.7 Å². The van der Waals surface area contributed by atoms with E-state index in [1.165, 1.54) is 6.07 Å². The number of carbonyl (C=O) groups is 1. The number of esters is 1. The van der Waals surface area contributed by atoms with Gasteiger partial charge in [0.25, 0.3) is 0 Å². The molecule has 0 saturated carbocycles. The first-order valence-corrected chi connectivity index (χ1v) is 6.34. The molecule has 1 heterocycles. The second-order valence-corrected chi connectivity index (χ2v) is 4.36. The smallest absolute Gasteiger partial charge is 0.305 e. The monoisotopic (exact) mass is 285 g/mol. The average Bonchev–Trinajstić information content (AvgIpc) is 2.72. The number of ether oxygens (including phenoxy) is 1. The Morgan fingerprint density at radius 2 is 2.00 bits per heavy atom. The summed E-state index contributed by atoms with van der Waals surface area (Å²) in [4.78, 5) is 13.9. The van der Waals surface area contributed by atoms with Gasteiger partial charge in [0, 0.05) is 6.42 Å². The lowest BCUT2D eigenvalue weighted by molar-refractivity contribution is -0.143. The van der Waals surface area contributed by atoms with Crippen molar-refractivity contribution in [3.05, 3.63) is 35.3 Å². The van der Waals surface area contributed by atoms with E-state index in [9.17, 15) is 18.0 Å². The summed E-state index contributed by atoms with van der Waals surface area (Å²) in [6.45, 7) is 2.00. The number of hydrogen-bond donors (Lipinski definition) is 1. The maximum Gasteiger partial charge on any atom is 0.305 e. The number of aryl methyl sites for hydroxylation is 1. The Morgan fingerprint density at radius 3 is 2.70 bits per heavy atom. The predicted octanol–water partition coefficient (Wildman–Crippen LogP) is 3.47. The number of aromatic nitrogens is 1. The van der Waals surface area contributed by atoms with E-state index in [1.54, 1.807) is 6.92 Å². The van der Waals surface area contributed by atoms with Crippen molar-refractivity contribution >= 4 is 16.9 Å². The zero-order valence-corrected chi connectivity index (χ0v) is 10.9. The van der Waals surface area contributed by atoms with Crippen molar-refractivity contribution in [2.24, 2.45) is 0 Å². The SMILES string of the molecule is CCOC(=O)CCCc1[nH]c2ccc(F)c(F)c2c1F. The van der Waals surface area contributed by atoms with Crippen LogP contribution in [0.15, 0.2) is 12.1 Å². The van der Waals surface area contributed by atoms with Crippen LogP contribution in [0.1, 0.15) is 25.5 Å². The fourth-order valence-electron chi connectivity index (χ4n) is 2.05. The van der Waals surface area contributed by atoms with Gasteiger partial charge in [-0.1, -0.05) is 0 Å². The highest BCUT2D eigenvalue weighted by molar-refractivity contribution is 5.82. The fraction of sp³-hybridized carbons (Fsp3) is 0.357. The van der Waals surface area contributed by atoms with Gasteiger partial charge in [0.15, 0.2) is 17.5 Å². The van der Waals surface area contributed by atoms with E-state index in [0.29, 0.717) is 13.0 Å². The van der Waals surface area contributed by atoms with Crippen molar-refractivity contribution in [2.75, 3.05) is 6.61 Å². The standard InChI is InChI=1S/C14H14F3NO2/c1-2-20-11(19)5-3-4-10-14(17)12-9(18-10)7-6-8(15)13(12)16/h6-7,18H,2-5H2,1H3. The Kier molecular flexibility index (Phi) is 4.32. The van der Waals surface area contributed by atoms with Crippen LogP contribution in [-0.4, -0.2) is 17.6 Å². The van der Waals surface area contributed by atoms with Gasteiger partial charge in [-0.3, -0.25) is 4.79 Å². The van der Waals surface area contributed by atoms with E-state index in [2.05, 4.69) is 4.98 Å². The molecule has 0 aliphatic rings. The molecule has 0 amide bonds. The average molecular weight is 285 g/mol. The summed E-state index contributed by atoms with van der Waals surface area (Å²) in [7, 11) is 0. The van der Waals surface area contributed by atoms with Crippen molar-refractivity contribution in [3.8, 4) is 0 Å². The first-order valence-electron chi connectivity index (χ1n) is 6.34. The summed E-state index contributed by atoms with van der Waals surface area (Å²) in [5.74, 6) is -3.46. The van der Waals surface area contributed by atoms with E-state index < -0.39 is 17.5 Å². The number of carbonyl (C=O) groups excluding carboxylic acids is 1. The van der Waals surface area contributed by atoms with Gasteiger partial charge < -0.3 is 9.72 Å². The summed E-state index contributed by atoms with van der Waals surface area (Å²) in [5, 5.41) is -0.379. The fourth-order valence-corrected chi connectivity index (χ4v) is 2.05. The van der Waals surface area contributed by atoms with E-state index in [0.717, 1.165) is 6.07 Å². The summed E-state index contributed by atoms with van der Waals surface area (Å²) in [6.07, 6.45) is 0.743. The third-order valence-corrected chi connectivity index (χ3v) is 2.98. The van der Waals surface area contributed by atoms with Gasteiger partial charge in [0.2, 0.25) is 0 Å². The largest absolute Gasteiger partial charge is 0.466 e. The Balaban J connectivity index is 2.14. The molecule has 108 valence electrons. The van der Waals surface area contributed by atoms with Crippen molar-refractivity contribution in [2.45, 2.75) is 26.2 Å². The van der Waals surface area contributed by atoms with Crippen LogP contribution in [0.2, 0.25) is 0 Å². The van der Waals surface area contributed by atoms with Gasteiger partial charge in [0.1, 0.15) is 0 Å². The van der Waals surface area contributed by atoms with Gasteiger partial charge in [0.05, 0.1) is 23.2 Å². The Morgan fingerprint density at radius 1 is 1.25 bits per heavy atom. The molecule has 1 aromatic carbocycles. The molecular weight excluding hydrogens is 271 g/mol. The molecule has 0 unspecified atom stereocenters. The van der Waals surface area contributed by atoms with E-state index in [-0.39, 0.29) is 35.4 Å². The number of nitrogens with one attached hydrogen (secondary N) is 1. The molecule has 0 aliphatic carbocycles. The molecule has 3 nitrogen and oxygen atoms in total. The normalized spacial score (nSPS) is 11.0. The molecule has 2 aromatic rings. The minimum atomic E-state index is -1.20. The molecule has 20 heavy (non-hydrogen) atoms. The summed E-state index contributed by atoms with van der Waals surface area (Å²) in [6, 6.07) is 2.22. The molecule has 0 radical (unpaired) electrons. The van der Waals surface area contributed by atoms with Crippen molar-refractivity contribution in [1.82, 2.24) is 4.98 Å². The number of hydrogen-bond acceptors (Lipinski definition) is 2. The van der Waals surface area contributed by atoms with Crippen LogP contribution in [0.25, 0.3) is 10.9 Å². The zero-order valence-electron chi connectivity index (χ0n) is 10.9. The number of benzene rings is 1. The molecular formula is C14H14F3NO2. The Hall–Kier alpha value is -1.98. The number of aromatic amines is 1. The molecule has 1 N–H and O–H groups in total. The van der Waals surface area contributed by atoms with Crippen LogP contribution >= 0.6 is 0 Å². The first kappa shape index (κ1) is 14.4. The summed E-state index contributed by atoms with van der Waals surface area (Å²) < 4.78 is 45.3. The molecule has 0 spiro atoms. The van der Waals surface area contributed by atoms with Gasteiger partial charge in [-0.15, -0.1) is 0 Å². The van der Waals surface area contributed by atoms with E-state index >= 15 is 0 Å². The lowest BCUT2D eigenvalue weighted by Gasteiger charge is -2.00. The maximum absolute atomic E-state index is 14.0. The maximum atomic E-state index is 14.0. The summed E-state index contributed by atoms with van der Waals surface area (Å²) >= 11 is 0. The first-order chi connectivity index (χ1) is 9.54. The van der Waals surface area contributed by atoms with E-state index in [1.807, 2.05) is 0 Å². The highest BCUT2D eigenvalue weighted by Gasteiger charge is 2.17. The number of H-pyrrole nitrogens is 1. The molecule has 2 rings (SSSR count). The van der Waals surface area contributed by atoms with Gasteiger partial charge in [-0.05, 0) is 31.9 Å². The van der Waals surface area contributed by atoms with Crippen LogP contribution in [0.4, 0.5) is 13.2 Å². The molecule has 0 aliphatic heterocycles. The highest BCUT2D eigenvalue weighted by atomic mass is 19.2. The minimum absolute atomic E-state index is 0.152. The quantitative estimate of drug-likeness (QED) is 0.855. The molecule has 0 fully saturated rings. The highest BCUT2D eigenvalue weighted by Crippen LogP contribution is 2.26. The number of rotatable bonds is 5. The minimum Gasteiger partial charge on any atom is -0.466 e. The molecule has 6 heteroatoms. The van der Waals surface area contributed by atoms with Gasteiger partial charge in [-0.2, -0.15) is 0 Å². The second-order valence-electron chi connectivity index (χ2n) is 4.36. The van der Waals surface area contributed by atoms with E-state index in [4.69, 9.17) is 4.74 Å².